The molecule has 2 aromatic rings. The van der Waals surface area contributed by atoms with Crippen LogP contribution < -0.4 is 10.6 Å². The Bertz CT molecular complexity index is 828. The molecule has 2 amide bonds. The quantitative estimate of drug-likeness (QED) is 0.807. The second kappa shape index (κ2) is 8.45. The van der Waals surface area contributed by atoms with Crippen LogP contribution in [0.15, 0.2) is 41.8 Å². The van der Waals surface area contributed by atoms with Crippen LogP contribution >= 0.6 is 11.3 Å². The Morgan fingerprint density at radius 1 is 1.25 bits per heavy atom. The van der Waals surface area contributed by atoms with Crippen molar-refractivity contribution in [3.63, 3.8) is 0 Å². The van der Waals surface area contributed by atoms with Crippen molar-refractivity contribution in [3.05, 3.63) is 52.2 Å². The number of carbonyl (C=O) groups excluding carboxylic acids is 2. The average molecular weight is 398 g/mol. The van der Waals surface area contributed by atoms with Crippen LogP contribution in [0.5, 0.6) is 0 Å². The van der Waals surface area contributed by atoms with Crippen LogP contribution in [0.2, 0.25) is 0 Å². The van der Waals surface area contributed by atoms with E-state index >= 15 is 0 Å². The van der Waals surface area contributed by atoms with E-state index in [1.54, 1.807) is 11.3 Å². The van der Waals surface area contributed by atoms with E-state index in [0.717, 1.165) is 30.3 Å². The summed E-state index contributed by atoms with van der Waals surface area (Å²) >= 11 is 1.74. The second-order valence-corrected chi connectivity index (χ2v) is 8.87. The van der Waals surface area contributed by atoms with Gasteiger partial charge in [0, 0.05) is 23.5 Å². The van der Waals surface area contributed by atoms with Gasteiger partial charge in [-0.15, -0.1) is 11.3 Å². The third-order valence-corrected chi connectivity index (χ3v) is 6.89. The van der Waals surface area contributed by atoms with Gasteiger partial charge in [0.05, 0.1) is 12.0 Å². The van der Waals surface area contributed by atoms with Crippen LogP contribution in [0.1, 0.15) is 48.6 Å². The maximum Gasteiger partial charge on any atom is 0.228 e. The molecule has 2 atom stereocenters. The van der Waals surface area contributed by atoms with Gasteiger partial charge in [-0.25, -0.2) is 0 Å². The molecule has 4 rings (SSSR count). The first-order chi connectivity index (χ1) is 13.6. The number of hydrogen-bond donors (Lipinski definition) is 2. The molecular weight excluding hydrogens is 370 g/mol. The van der Waals surface area contributed by atoms with Gasteiger partial charge in [-0.2, -0.15) is 0 Å². The maximum absolute atomic E-state index is 13.0. The summed E-state index contributed by atoms with van der Waals surface area (Å²) < 4.78 is 0. The topological polar surface area (TPSA) is 61.4 Å². The monoisotopic (exact) mass is 397 g/mol. The summed E-state index contributed by atoms with van der Waals surface area (Å²) in [6, 6.07) is 12.0. The number of rotatable bonds is 5. The SMILES string of the molecule is CC1CCN(C(CNC(=O)C2CC(=O)Nc3ccccc32)c2cccs2)CC1. The molecule has 0 bridgehead atoms. The van der Waals surface area contributed by atoms with Gasteiger partial charge >= 0.3 is 0 Å². The number of hydrogen-bond acceptors (Lipinski definition) is 4. The molecule has 0 radical (unpaired) electrons. The van der Waals surface area contributed by atoms with Gasteiger partial charge in [0.1, 0.15) is 0 Å². The molecule has 2 aliphatic rings. The molecular formula is C22H27N3O2S. The van der Waals surface area contributed by atoms with E-state index in [9.17, 15) is 9.59 Å². The van der Waals surface area contributed by atoms with E-state index in [1.807, 2.05) is 24.3 Å². The second-order valence-electron chi connectivity index (χ2n) is 7.89. The molecule has 2 aliphatic heterocycles. The zero-order valence-electron chi connectivity index (χ0n) is 16.2. The van der Waals surface area contributed by atoms with Crippen molar-refractivity contribution >= 4 is 28.8 Å². The van der Waals surface area contributed by atoms with E-state index in [0.29, 0.717) is 6.54 Å². The number of anilines is 1. The van der Waals surface area contributed by atoms with E-state index in [2.05, 4.69) is 40.0 Å². The summed E-state index contributed by atoms with van der Waals surface area (Å²) in [5, 5.41) is 8.11. The van der Waals surface area contributed by atoms with Crippen LogP contribution in [0, 0.1) is 5.92 Å². The van der Waals surface area contributed by atoms with E-state index in [4.69, 9.17) is 0 Å². The molecule has 148 valence electrons. The molecule has 0 saturated carbocycles. The van der Waals surface area contributed by atoms with Crippen LogP contribution in [-0.2, 0) is 9.59 Å². The predicted molar refractivity (Wildman–Crippen MR) is 112 cm³/mol. The fourth-order valence-electron chi connectivity index (χ4n) is 4.20. The molecule has 1 fully saturated rings. The highest BCUT2D eigenvalue weighted by Crippen LogP contribution is 2.33. The molecule has 0 aliphatic carbocycles. The molecule has 1 saturated heterocycles. The van der Waals surface area contributed by atoms with Crippen molar-refractivity contribution in [2.24, 2.45) is 5.92 Å². The van der Waals surface area contributed by atoms with Crippen molar-refractivity contribution in [3.8, 4) is 0 Å². The fraction of sp³-hybridized carbons (Fsp3) is 0.455. The van der Waals surface area contributed by atoms with Gasteiger partial charge in [-0.3, -0.25) is 14.5 Å². The maximum atomic E-state index is 13.0. The van der Waals surface area contributed by atoms with Crippen LogP contribution in [0.4, 0.5) is 5.69 Å². The lowest BCUT2D eigenvalue weighted by atomic mass is 9.89. The number of nitrogens with zero attached hydrogens (tertiary/aromatic N) is 1. The Labute approximate surface area is 170 Å². The predicted octanol–water partition coefficient (Wildman–Crippen LogP) is 3.76. The smallest absolute Gasteiger partial charge is 0.228 e. The Morgan fingerprint density at radius 3 is 2.79 bits per heavy atom. The fourth-order valence-corrected chi connectivity index (χ4v) is 5.06. The lowest BCUT2D eigenvalue weighted by molar-refractivity contribution is -0.126. The van der Waals surface area contributed by atoms with E-state index in [1.165, 1.54) is 17.7 Å². The van der Waals surface area contributed by atoms with Crippen molar-refractivity contribution in [2.45, 2.75) is 38.1 Å². The number of nitrogens with one attached hydrogen (secondary N) is 2. The van der Waals surface area contributed by atoms with Crippen molar-refractivity contribution < 1.29 is 9.59 Å². The number of likely N-dealkylation sites (tertiary alicyclic amines) is 1. The average Bonchev–Trinajstić information content (AvgIpc) is 3.23. The molecule has 0 spiro atoms. The number of para-hydroxylation sites is 1. The number of piperidine rings is 1. The van der Waals surface area contributed by atoms with Gasteiger partial charge in [-0.1, -0.05) is 31.2 Å². The zero-order chi connectivity index (χ0) is 19.5. The molecule has 3 heterocycles. The minimum Gasteiger partial charge on any atom is -0.354 e. The number of thiophene rings is 1. The largest absolute Gasteiger partial charge is 0.354 e. The third kappa shape index (κ3) is 4.13. The molecule has 6 heteroatoms. The number of fused-ring (bicyclic) bond motifs is 1. The highest BCUT2D eigenvalue weighted by molar-refractivity contribution is 7.10. The van der Waals surface area contributed by atoms with Crippen LogP contribution in [0.3, 0.4) is 0 Å². The molecule has 1 aromatic carbocycles. The van der Waals surface area contributed by atoms with Gasteiger partial charge in [0.15, 0.2) is 0 Å². The summed E-state index contributed by atoms with van der Waals surface area (Å²) in [4.78, 5) is 28.8. The van der Waals surface area contributed by atoms with Crippen LogP contribution in [0.25, 0.3) is 0 Å². The molecule has 2 unspecified atom stereocenters. The van der Waals surface area contributed by atoms with E-state index < -0.39 is 5.92 Å². The third-order valence-electron chi connectivity index (χ3n) is 5.92. The Hall–Kier alpha value is -2.18. The Balaban J connectivity index is 1.47. The van der Waals surface area contributed by atoms with Gasteiger partial charge in [0.2, 0.25) is 11.8 Å². The Morgan fingerprint density at radius 2 is 2.04 bits per heavy atom. The summed E-state index contributed by atoms with van der Waals surface area (Å²) in [5.41, 5.74) is 1.65. The normalized spacial score (nSPS) is 21.6. The molecule has 5 nitrogen and oxygen atoms in total. The summed E-state index contributed by atoms with van der Waals surface area (Å²) in [6.45, 7) is 5.02. The highest BCUT2D eigenvalue weighted by atomic mass is 32.1. The lowest BCUT2D eigenvalue weighted by Crippen LogP contribution is -2.43. The number of amides is 2. The first-order valence-electron chi connectivity index (χ1n) is 10.1. The summed E-state index contributed by atoms with van der Waals surface area (Å²) in [7, 11) is 0. The standard InChI is InChI=1S/C22H27N3O2S/c1-15-8-10-25(11-9-15)19(20-7-4-12-28-20)14-23-22(27)17-13-21(26)24-18-6-3-2-5-16(17)18/h2-7,12,15,17,19H,8-11,13-14H2,1H3,(H,23,27)(H,24,26). The zero-order valence-corrected chi connectivity index (χ0v) is 17.0. The highest BCUT2D eigenvalue weighted by Gasteiger charge is 2.32. The van der Waals surface area contributed by atoms with Crippen LogP contribution in [-0.4, -0.2) is 36.3 Å². The molecule has 2 N–H and O–H groups in total. The first kappa shape index (κ1) is 19.2. The van der Waals surface area contributed by atoms with Gasteiger partial charge in [-0.05, 0) is 54.9 Å². The van der Waals surface area contributed by atoms with Crippen molar-refractivity contribution in [1.29, 1.82) is 0 Å². The number of benzene rings is 1. The van der Waals surface area contributed by atoms with Gasteiger partial charge < -0.3 is 10.6 Å². The minimum absolute atomic E-state index is 0.0609. The molecule has 28 heavy (non-hydrogen) atoms. The van der Waals surface area contributed by atoms with E-state index in [-0.39, 0.29) is 24.3 Å². The molecule has 1 aromatic heterocycles. The first-order valence-corrected chi connectivity index (χ1v) is 10.9. The van der Waals surface area contributed by atoms with Crippen molar-refractivity contribution in [2.75, 3.05) is 25.0 Å². The number of carbonyl (C=O) groups is 2. The lowest BCUT2D eigenvalue weighted by Gasteiger charge is -2.36. The summed E-state index contributed by atoms with van der Waals surface area (Å²) in [5.74, 6) is 0.190. The minimum atomic E-state index is -0.421. The van der Waals surface area contributed by atoms with Gasteiger partial charge in [0.25, 0.3) is 0 Å². The van der Waals surface area contributed by atoms with Crippen molar-refractivity contribution in [1.82, 2.24) is 10.2 Å². The Kier molecular flexibility index (Phi) is 5.78. The summed E-state index contributed by atoms with van der Waals surface area (Å²) in [6.07, 6.45) is 2.60.